The highest BCUT2D eigenvalue weighted by Gasteiger charge is 2.39. The van der Waals surface area contributed by atoms with E-state index < -0.39 is 0 Å². The zero-order chi connectivity index (χ0) is 16.6. The Bertz CT molecular complexity index is 860. The smallest absolute Gasteiger partial charge is 0.0707 e. The van der Waals surface area contributed by atoms with E-state index >= 15 is 0 Å². The van der Waals surface area contributed by atoms with Crippen molar-refractivity contribution >= 4 is 0 Å². The van der Waals surface area contributed by atoms with Crippen LogP contribution in [0.25, 0.3) is 22.4 Å². The normalized spacial score (nSPS) is 15.2. The van der Waals surface area contributed by atoms with Gasteiger partial charge in [0.15, 0.2) is 0 Å². The molecule has 0 unspecified atom stereocenters. The van der Waals surface area contributed by atoms with Crippen molar-refractivity contribution in [3.8, 4) is 22.4 Å². The van der Waals surface area contributed by atoms with Gasteiger partial charge in [-0.15, -0.1) is 0 Å². The van der Waals surface area contributed by atoms with Gasteiger partial charge >= 0.3 is 0 Å². The van der Waals surface area contributed by atoms with Gasteiger partial charge in [-0.05, 0) is 65.1 Å². The number of nitrogens with zero attached hydrogens (tertiary/aromatic N) is 1. The van der Waals surface area contributed by atoms with Crippen LogP contribution in [0.3, 0.4) is 0 Å². The second-order valence-electron chi connectivity index (χ2n) is 7.08. The lowest BCUT2D eigenvalue weighted by atomic mass is 9.93. The van der Waals surface area contributed by atoms with Gasteiger partial charge in [0.25, 0.3) is 0 Å². The predicted molar refractivity (Wildman–Crippen MR) is 101 cm³/mol. The zero-order valence-electron chi connectivity index (χ0n) is 14.4. The van der Waals surface area contributed by atoms with Crippen LogP contribution in [0.1, 0.15) is 37.8 Å². The van der Waals surface area contributed by atoms with E-state index in [2.05, 4.69) is 74.5 Å². The van der Waals surface area contributed by atoms with Gasteiger partial charge in [0, 0.05) is 11.8 Å². The molecule has 0 radical (unpaired) electrons. The summed E-state index contributed by atoms with van der Waals surface area (Å²) in [4.78, 5) is 4.69. The molecule has 1 heteroatoms. The fourth-order valence-corrected chi connectivity index (χ4v) is 3.36. The Morgan fingerprint density at radius 1 is 0.917 bits per heavy atom. The highest BCUT2D eigenvalue weighted by Crippen LogP contribution is 2.48. The SMILES string of the molecule is CCc1ccc(-c2ccccc2)cc1-c1cc(C2(C)CC2)ccn1. The summed E-state index contributed by atoms with van der Waals surface area (Å²) in [5.41, 5.74) is 8.06. The summed E-state index contributed by atoms with van der Waals surface area (Å²) in [6.07, 6.45) is 5.58. The average Bonchev–Trinajstić information content (AvgIpc) is 3.41. The number of pyridine rings is 1. The molecule has 0 N–H and O–H groups in total. The van der Waals surface area contributed by atoms with Gasteiger partial charge in [0.05, 0.1) is 5.69 Å². The minimum atomic E-state index is 0.376. The van der Waals surface area contributed by atoms with Crippen LogP contribution in [0.4, 0.5) is 0 Å². The fraction of sp³-hybridized carbons (Fsp3) is 0.261. The van der Waals surface area contributed by atoms with Crippen LogP contribution in [0.15, 0.2) is 66.9 Å². The first-order valence-corrected chi connectivity index (χ1v) is 8.85. The Balaban J connectivity index is 1.82. The molecule has 24 heavy (non-hydrogen) atoms. The van der Waals surface area contributed by atoms with Crippen LogP contribution >= 0.6 is 0 Å². The monoisotopic (exact) mass is 313 g/mol. The summed E-state index contributed by atoms with van der Waals surface area (Å²) >= 11 is 0. The van der Waals surface area contributed by atoms with Crippen molar-refractivity contribution in [3.63, 3.8) is 0 Å². The first-order valence-electron chi connectivity index (χ1n) is 8.85. The molecule has 1 aliphatic rings. The summed E-state index contributed by atoms with van der Waals surface area (Å²) < 4.78 is 0. The maximum atomic E-state index is 4.69. The standard InChI is InChI=1S/C23H23N/c1-3-17-9-10-19(18-7-5-4-6-8-18)15-21(17)22-16-20(11-14-24-22)23(2)12-13-23/h4-11,14-16H,3,12-13H2,1-2H3. The van der Waals surface area contributed by atoms with E-state index in [0.717, 1.165) is 12.1 Å². The molecule has 0 amide bonds. The molecule has 1 fully saturated rings. The number of aryl methyl sites for hydroxylation is 1. The van der Waals surface area contributed by atoms with Crippen LogP contribution in [-0.4, -0.2) is 4.98 Å². The first kappa shape index (κ1) is 15.1. The van der Waals surface area contributed by atoms with Crippen LogP contribution < -0.4 is 0 Å². The Labute approximate surface area is 144 Å². The quantitative estimate of drug-likeness (QED) is 0.573. The van der Waals surface area contributed by atoms with Gasteiger partial charge in [-0.3, -0.25) is 4.98 Å². The molecule has 1 heterocycles. The Hall–Kier alpha value is -2.41. The summed E-state index contributed by atoms with van der Waals surface area (Å²) in [6, 6.07) is 21.8. The van der Waals surface area contributed by atoms with Crippen molar-refractivity contribution in [2.45, 2.75) is 38.5 Å². The second-order valence-corrected chi connectivity index (χ2v) is 7.08. The minimum absolute atomic E-state index is 0.376. The highest BCUT2D eigenvalue weighted by molar-refractivity contribution is 5.74. The number of aromatic nitrogens is 1. The zero-order valence-corrected chi connectivity index (χ0v) is 14.4. The van der Waals surface area contributed by atoms with Crippen molar-refractivity contribution in [3.05, 3.63) is 78.0 Å². The molecule has 120 valence electrons. The van der Waals surface area contributed by atoms with E-state index in [9.17, 15) is 0 Å². The minimum Gasteiger partial charge on any atom is -0.256 e. The maximum absolute atomic E-state index is 4.69. The van der Waals surface area contributed by atoms with Gasteiger partial charge in [-0.25, -0.2) is 0 Å². The molecule has 1 saturated carbocycles. The van der Waals surface area contributed by atoms with Crippen molar-refractivity contribution < 1.29 is 0 Å². The second kappa shape index (κ2) is 5.90. The van der Waals surface area contributed by atoms with Crippen molar-refractivity contribution in [1.82, 2.24) is 4.98 Å². The van der Waals surface area contributed by atoms with Crippen molar-refractivity contribution in [1.29, 1.82) is 0 Å². The van der Waals surface area contributed by atoms with Gasteiger partial charge in [0.1, 0.15) is 0 Å². The maximum Gasteiger partial charge on any atom is 0.0707 e. The van der Waals surface area contributed by atoms with Crippen LogP contribution in [0.5, 0.6) is 0 Å². The molecule has 0 bridgehead atoms. The molecular weight excluding hydrogens is 290 g/mol. The van der Waals surface area contributed by atoms with E-state index in [1.807, 2.05) is 6.20 Å². The molecule has 2 aromatic carbocycles. The van der Waals surface area contributed by atoms with Gasteiger partial charge < -0.3 is 0 Å². The molecule has 1 aliphatic carbocycles. The summed E-state index contributed by atoms with van der Waals surface area (Å²) in [7, 11) is 0. The largest absolute Gasteiger partial charge is 0.256 e. The molecule has 4 rings (SSSR count). The van der Waals surface area contributed by atoms with E-state index in [1.165, 1.54) is 40.7 Å². The summed E-state index contributed by atoms with van der Waals surface area (Å²) in [6.45, 7) is 4.57. The van der Waals surface area contributed by atoms with E-state index in [4.69, 9.17) is 4.98 Å². The topological polar surface area (TPSA) is 12.9 Å². The van der Waals surface area contributed by atoms with E-state index in [-0.39, 0.29) is 0 Å². The molecule has 0 saturated heterocycles. The van der Waals surface area contributed by atoms with Crippen LogP contribution in [0, 0.1) is 0 Å². The number of hydrogen-bond donors (Lipinski definition) is 0. The number of hydrogen-bond acceptors (Lipinski definition) is 1. The lowest BCUT2D eigenvalue weighted by molar-refractivity contribution is 0.786. The number of rotatable bonds is 4. The lowest BCUT2D eigenvalue weighted by Crippen LogP contribution is -2.01. The van der Waals surface area contributed by atoms with E-state index in [0.29, 0.717) is 5.41 Å². The molecule has 0 spiro atoms. The van der Waals surface area contributed by atoms with Gasteiger partial charge in [-0.1, -0.05) is 56.3 Å². The third-order valence-electron chi connectivity index (χ3n) is 5.33. The molecule has 1 nitrogen and oxygen atoms in total. The fourth-order valence-electron chi connectivity index (χ4n) is 3.36. The predicted octanol–water partition coefficient (Wildman–Crippen LogP) is 6.03. The van der Waals surface area contributed by atoms with Gasteiger partial charge in [-0.2, -0.15) is 0 Å². The third-order valence-corrected chi connectivity index (χ3v) is 5.33. The molecule has 3 aromatic rings. The van der Waals surface area contributed by atoms with Crippen molar-refractivity contribution in [2.24, 2.45) is 0 Å². The van der Waals surface area contributed by atoms with E-state index in [1.54, 1.807) is 0 Å². The molecule has 0 aliphatic heterocycles. The van der Waals surface area contributed by atoms with Crippen LogP contribution in [0.2, 0.25) is 0 Å². The average molecular weight is 313 g/mol. The lowest BCUT2D eigenvalue weighted by Gasteiger charge is -2.14. The highest BCUT2D eigenvalue weighted by atomic mass is 14.7. The molecular formula is C23H23N. The number of benzene rings is 2. The first-order chi connectivity index (χ1) is 11.7. The summed E-state index contributed by atoms with van der Waals surface area (Å²) in [5.74, 6) is 0. The molecule has 0 atom stereocenters. The Morgan fingerprint density at radius 3 is 2.42 bits per heavy atom. The van der Waals surface area contributed by atoms with Crippen molar-refractivity contribution in [2.75, 3.05) is 0 Å². The Kier molecular flexibility index (Phi) is 3.72. The van der Waals surface area contributed by atoms with Crippen LogP contribution in [-0.2, 0) is 11.8 Å². The summed E-state index contributed by atoms with van der Waals surface area (Å²) in [5, 5.41) is 0. The molecule has 1 aromatic heterocycles. The third kappa shape index (κ3) is 2.75. The Morgan fingerprint density at radius 2 is 1.71 bits per heavy atom. The van der Waals surface area contributed by atoms with Gasteiger partial charge in [0.2, 0.25) is 0 Å².